The van der Waals surface area contributed by atoms with E-state index in [2.05, 4.69) is 25.9 Å². The molecular formula is C16H26N2O4. The number of nitrogens with one attached hydrogen (secondary N) is 1. The Hall–Kier alpha value is -1.72. The zero-order chi connectivity index (χ0) is 16.3. The number of H-pyrrole nitrogens is 1. The van der Waals surface area contributed by atoms with Gasteiger partial charge in [-0.05, 0) is 31.1 Å². The van der Waals surface area contributed by atoms with E-state index in [0.29, 0.717) is 12.3 Å². The minimum absolute atomic E-state index is 0.116. The zero-order valence-electron chi connectivity index (χ0n) is 13.8. The van der Waals surface area contributed by atoms with Gasteiger partial charge in [-0.2, -0.15) is 5.16 Å². The summed E-state index contributed by atoms with van der Waals surface area (Å²) in [6.07, 6.45) is 3.25. The maximum atomic E-state index is 12.0. The average molecular weight is 310 g/mol. The molecule has 124 valence electrons. The van der Waals surface area contributed by atoms with E-state index in [1.165, 1.54) is 13.2 Å². The fraction of sp³-hybridized carbons (Fsp3) is 0.750. The average Bonchev–Trinajstić information content (AvgIpc) is 2.90. The summed E-state index contributed by atoms with van der Waals surface area (Å²) >= 11 is 0. The molecule has 2 heterocycles. The van der Waals surface area contributed by atoms with Crippen molar-refractivity contribution in [2.75, 3.05) is 13.7 Å². The van der Waals surface area contributed by atoms with Crippen LogP contribution in [0.3, 0.4) is 0 Å². The van der Waals surface area contributed by atoms with Crippen LogP contribution in [-0.2, 0) is 4.74 Å². The number of ether oxygens (including phenoxy) is 1. The Labute approximate surface area is 130 Å². The molecule has 1 aromatic heterocycles. The molecule has 1 N–H and O–H groups in total. The fourth-order valence-corrected chi connectivity index (χ4v) is 3.04. The molecule has 0 bridgehead atoms. The molecule has 0 radical (unpaired) electrons. The van der Waals surface area contributed by atoms with Gasteiger partial charge in [0.2, 0.25) is 0 Å². The minimum Gasteiger partial charge on any atom is -0.453 e. The van der Waals surface area contributed by atoms with E-state index in [-0.39, 0.29) is 29.0 Å². The Morgan fingerprint density at radius 1 is 1.50 bits per heavy atom. The standard InChI is InChI=1S/C16H26N2O4/c1-16(2,3)7-5-12-9-11(13-10-14(19)17-22-13)6-8-18(12)15(20)21-4/h10-12H,5-9H2,1-4H3,(H,17,19). The molecule has 0 spiro atoms. The molecule has 6 heteroatoms. The molecule has 1 aromatic rings. The van der Waals surface area contributed by atoms with E-state index >= 15 is 0 Å². The highest BCUT2D eigenvalue weighted by Gasteiger charge is 2.34. The van der Waals surface area contributed by atoms with Crippen LogP contribution >= 0.6 is 0 Å². The molecule has 0 aliphatic carbocycles. The number of hydrogen-bond donors (Lipinski definition) is 1. The van der Waals surface area contributed by atoms with E-state index in [9.17, 15) is 9.59 Å². The predicted molar refractivity (Wildman–Crippen MR) is 82.9 cm³/mol. The Morgan fingerprint density at radius 3 is 2.77 bits per heavy atom. The highest BCUT2D eigenvalue weighted by Crippen LogP contribution is 2.35. The van der Waals surface area contributed by atoms with Crippen molar-refractivity contribution in [3.8, 4) is 0 Å². The topological polar surface area (TPSA) is 75.5 Å². The second kappa shape index (κ2) is 6.58. The first-order valence-corrected chi connectivity index (χ1v) is 7.83. The number of aromatic nitrogens is 1. The van der Waals surface area contributed by atoms with Crippen LogP contribution in [0.5, 0.6) is 0 Å². The predicted octanol–water partition coefficient (Wildman–Crippen LogP) is 3.11. The van der Waals surface area contributed by atoms with E-state index in [1.54, 1.807) is 0 Å². The molecule has 1 saturated heterocycles. The summed E-state index contributed by atoms with van der Waals surface area (Å²) in [6.45, 7) is 7.21. The number of aromatic amines is 1. The Balaban J connectivity index is 2.09. The van der Waals surface area contributed by atoms with E-state index in [0.717, 1.165) is 25.7 Å². The summed E-state index contributed by atoms with van der Waals surface area (Å²) in [5, 5.41) is 2.35. The summed E-state index contributed by atoms with van der Waals surface area (Å²) < 4.78 is 10.2. The quantitative estimate of drug-likeness (QED) is 0.930. The minimum atomic E-state index is -0.270. The normalized spacial score (nSPS) is 22.6. The van der Waals surface area contributed by atoms with Crippen molar-refractivity contribution >= 4 is 6.09 Å². The van der Waals surface area contributed by atoms with Crippen LogP contribution in [-0.4, -0.2) is 35.8 Å². The monoisotopic (exact) mass is 310 g/mol. The Kier molecular flexibility index (Phi) is 4.98. The van der Waals surface area contributed by atoms with Gasteiger partial charge in [0.1, 0.15) is 5.76 Å². The first-order valence-electron chi connectivity index (χ1n) is 7.83. The SMILES string of the molecule is COC(=O)N1CCC(c2cc(=O)[nH]o2)CC1CCC(C)(C)C. The number of likely N-dealkylation sites (tertiary alicyclic amines) is 1. The first-order chi connectivity index (χ1) is 10.3. The van der Waals surface area contributed by atoms with Crippen molar-refractivity contribution in [3.63, 3.8) is 0 Å². The van der Waals surface area contributed by atoms with E-state index in [4.69, 9.17) is 9.26 Å². The molecule has 0 aromatic carbocycles. The van der Waals surface area contributed by atoms with Gasteiger partial charge >= 0.3 is 6.09 Å². The number of carbonyl (C=O) groups is 1. The largest absolute Gasteiger partial charge is 0.453 e. The number of amides is 1. The van der Waals surface area contributed by atoms with Crippen LogP contribution in [0, 0.1) is 5.41 Å². The number of nitrogens with zero attached hydrogens (tertiary/aromatic N) is 1. The van der Waals surface area contributed by atoms with Gasteiger partial charge in [-0.1, -0.05) is 20.8 Å². The Morgan fingerprint density at radius 2 is 2.23 bits per heavy atom. The molecule has 2 rings (SSSR count). The first kappa shape index (κ1) is 16.6. The molecule has 6 nitrogen and oxygen atoms in total. The van der Waals surface area contributed by atoms with Crippen molar-refractivity contribution in [2.45, 2.75) is 58.4 Å². The van der Waals surface area contributed by atoms with Gasteiger partial charge in [0.05, 0.1) is 7.11 Å². The third kappa shape index (κ3) is 4.15. The number of hydrogen-bond acceptors (Lipinski definition) is 4. The molecule has 2 unspecified atom stereocenters. The van der Waals surface area contributed by atoms with Crippen LogP contribution < -0.4 is 5.56 Å². The van der Waals surface area contributed by atoms with Crippen LogP contribution in [0.2, 0.25) is 0 Å². The van der Waals surface area contributed by atoms with Crippen molar-refractivity contribution < 1.29 is 14.1 Å². The molecule has 2 atom stereocenters. The van der Waals surface area contributed by atoms with Gasteiger partial charge in [0, 0.05) is 24.6 Å². The van der Waals surface area contributed by atoms with Crippen molar-refractivity contribution in [3.05, 3.63) is 22.2 Å². The zero-order valence-corrected chi connectivity index (χ0v) is 13.8. The molecule has 22 heavy (non-hydrogen) atoms. The molecular weight excluding hydrogens is 284 g/mol. The lowest BCUT2D eigenvalue weighted by atomic mass is 9.82. The molecule has 1 aliphatic rings. The van der Waals surface area contributed by atoms with Crippen LogP contribution in [0.15, 0.2) is 15.4 Å². The second-order valence-corrected chi connectivity index (χ2v) is 7.25. The van der Waals surface area contributed by atoms with Gasteiger partial charge < -0.3 is 14.2 Å². The lowest BCUT2D eigenvalue weighted by Crippen LogP contribution is -2.46. The van der Waals surface area contributed by atoms with Crippen LogP contribution in [0.4, 0.5) is 4.79 Å². The van der Waals surface area contributed by atoms with Crippen molar-refractivity contribution in [1.29, 1.82) is 0 Å². The maximum Gasteiger partial charge on any atom is 0.409 e. The van der Waals surface area contributed by atoms with E-state index < -0.39 is 0 Å². The molecule has 1 amide bonds. The summed E-state index contributed by atoms with van der Waals surface area (Å²) in [6, 6.07) is 1.63. The third-order valence-corrected chi connectivity index (χ3v) is 4.30. The molecule has 1 fully saturated rings. The van der Waals surface area contributed by atoms with E-state index in [1.807, 2.05) is 4.90 Å². The van der Waals surface area contributed by atoms with Gasteiger partial charge in [0.15, 0.2) is 0 Å². The smallest absolute Gasteiger partial charge is 0.409 e. The highest BCUT2D eigenvalue weighted by atomic mass is 16.5. The molecule has 0 saturated carbocycles. The maximum absolute atomic E-state index is 12.0. The van der Waals surface area contributed by atoms with Gasteiger partial charge in [-0.25, -0.2) is 4.79 Å². The van der Waals surface area contributed by atoms with Crippen molar-refractivity contribution in [2.24, 2.45) is 5.41 Å². The summed E-state index contributed by atoms with van der Waals surface area (Å²) in [5.74, 6) is 0.861. The Bertz CT molecular complexity index is 555. The lowest BCUT2D eigenvalue weighted by Gasteiger charge is -2.38. The summed E-state index contributed by atoms with van der Waals surface area (Å²) in [5.41, 5.74) is 0.00619. The number of carbonyl (C=O) groups excluding carboxylic acids is 1. The second-order valence-electron chi connectivity index (χ2n) is 7.25. The van der Waals surface area contributed by atoms with Crippen LogP contribution in [0.25, 0.3) is 0 Å². The van der Waals surface area contributed by atoms with Crippen LogP contribution in [0.1, 0.15) is 58.1 Å². The summed E-state index contributed by atoms with van der Waals surface area (Å²) in [4.78, 5) is 25.0. The third-order valence-electron chi connectivity index (χ3n) is 4.30. The fourth-order valence-electron chi connectivity index (χ4n) is 3.04. The number of rotatable bonds is 3. The summed E-state index contributed by atoms with van der Waals surface area (Å²) in [7, 11) is 1.42. The lowest BCUT2D eigenvalue weighted by molar-refractivity contribution is 0.0746. The number of methoxy groups -OCH3 is 1. The highest BCUT2D eigenvalue weighted by molar-refractivity contribution is 5.68. The van der Waals surface area contributed by atoms with Gasteiger partial charge in [-0.15, -0.1) is 0 Å². The van der Waals surface area contributed by atoms with Crippen molar-refractivity contribution in [1.82, 2.24) is 10.1 Å². The van der Waals surface area contributed by atoms with Gasteiger partial charge in [0.25, 0.3) is 5.56 Å². The number of piperidine rings is 1. The van der Waals surface area contributed by atoms with Gasteiger partial charge in [-0.3, -0.25) is 4.79 Å². The molecule has 1 aliphatic heterocycles.